The van der Waals surface area contributed by atoms with Gasteiger partial charge < -0.3 is 4.90 Å². The number of amides is 1. The number of carbonyl (C=O) groups is 1. The number of carbonyl (C=O) groups excluding carboxylic acids is 1. The zero-order chi connectivity index (χ0) is 19.3. The summed E-state index contributed by atoms with van der Waals surface area (Å²) in [4.78, 5) is 30.6. The molecule has 0 radical (unpaired) electrons. The quantitative estimate of drug-likeness (QED) is 0.519. The van der Waals surface area contributed by atoms with Crippen LogP contribution in [0.4, 0.5) is 0 Å². The van der Waals surface area contributed by atoms with Gasteiger partial charge in [-0.3, -0.25) is 13.9 Å². The molecule has 5 rings (SSSR count). The Kier molecular flexibility index (Phi) is 4.21. The summed E-state index contributed by atoms with van der Waals surface area (Å²) < 4.78 is 3.19. The summed E-state index contributed by atoms with van der Waals surface area (Å²) in [6, 6.07) is 13.8. The second kappa shape index (κ2) is 6.76. The van der Waals surface area contributed by atoms with Crippen LogP contribution in [0.2, 0.25) is 0 Å². The van der Waals surface area contributed by atoms with Crippen molar-refractivity contribution in [2.45, 2.75) is 19.0 Å². The van der Waals surface area contributed by atoms with Crippen molar-refractivity contribution < 1.29 is 4.79 Å². The molecule has 0 N–H and O–H groups in total. The van der Waals surface area contributed by atoms with Gasteiger partial charge in [0, 0.05) is 23.3 Å². The lowest BCUT2D eigenvalue weighted by Gasteiger charge is -2.35. The fraction of sp³-hybridized carbons (Fsp3) is 0.238. The summed E-state index contributed by atoms with van der Waals surface area (Å²) >= 11 is 3.43. The average molecular weight is 410 g/mol. The molecule has 5 nitrogen and oxygen atoms in total. The first-order chi connectivity index (χ1) is 13.6. The van der Waals surface area contributed by atoms with Crippen molar-refractivity contribution in [2.75, 3.05) is 6.54 Å². The highest BCUT2D eigenvalue weighted by Gasteiger charge is 2.33. The topological polar surface area (TPSA) is 47.2 Å². The second-order valence-corrected chi connectivity index (χ2v) is 8.95. The van der Waals surface area contributed by atoms with Crippen LogP contribution in [0.25, 0.3) is 11.0 Å². The van der Waals surface area contributed by atoms with E-state index >= 15 is 0 Å². The Labute approximate surface area is 170 Å². The van der Waals surface area contributed by atoms with Gasteiger partial charge in [0.05, 0.1) is 17.1 Å². The van der Waals surface area contributed by atoms with Gasteiger partial charge in [-0.25, -0.2) is 4.79 Å². The minimum Gasteiger partial charge on any atom is -0.329 e. The number of para-hydroxylation sites is 2. The Hall–Kier alpha value is -2.64. The molecule has 4 aromatic rings. The third-order valence-corrected chi connectivity index (χ3v) is 7.37. The van der Waals surface area contributed by atoms with Crippen LogP contribution < -0.4 is 5.69 Å². The van der Waals surface area contributed by atoms with Crippen molar-refractivity contribution in [3.63, 3.8) is 0 Å². The van der Waals surface area contributed by atoms with Crippen LogP contribution in [0, 0.1) is 0 Å². The van der Waals surface area contributed by atoms with E-state index in [1.54, 1.807) is 38.9 Å². The molecule has 0 spiro atoms. The largest absolute Gasteiger partial charge is 0.329 e. The monoisotopic (exact) mass is 409 g/mol. The van der Waals surface area contributed by atoms with Crippen molar-refractivity contribution in [1.29, 1.82) is 0 Å². The summed E-state index contributed by atoms with van der Waals surface area (Å²) in [5.41, 5.74) is 2.70. The van der Waals surface area contributed by atoms with Gasteiger partial charge in [-0.1, -0.05) is 18.2 Å². The molecule has 0 fully saturated rings. The second-order valence-electron chi connectivity index (χ2n) is 6.97. The van der Waals surface area contributed by atoms with Crippen molar-refractivity contribution in [1.82, 2.24) is 14.0 Å². The molecule has 1 atom stereocenters. The van der Waals surface area contributed by atoms with Crippen LogP contribution >= 0.6 is 22.7 Å². The number of imidazole rings is 1. The van der Waals surface area contributed by atoms with E-state index in [0.29, 0.717) is 6.54 Å². The number of benzene rings is 1. The number of nitrogens with zero attached hydrogens (tertiary/aromatic N) is 3. The predicted molar refractivity (Wildman–Crippen MR) is 113 cm³/mol. The van der Waals surface area contributed by atoms with Crippen molar-refractivity contribution >= 4 is 39.6 Å². The lowest BCUT2D eigenvalue weighted by Crippen LogP contribution is -2.42. The van der Waals surface area contributed by atoms with E-state index in [1.807, 2.05) is 40.6 Å². The fourth-order valence-electron chi connectivity index (χ4n) is 4.08. The van der Waals surface area contributed by atoms with Gasteiger partial charge in [0.1, 0.15) is 6.54 Å². The Balaban J connectivity index is 1.54. The summed E-state index contributed by atoms with van der Waals surface area (Å²) in [6.45, 7) is 0.732. The van der Waals surface area contributed by atoms with E-state index in [4.69, 9.17) is 0 Å². The molecule has 4 heterocycles. The molecule has 142 valence electrons. The summed E-state index contributed by atoms with van der Waals surface area (Å²) in [5.74, 6) is -0.0197. The van der Waals surface area contributed by atoms with Gasteiger partial charge in [-0.2, -0.15) is 0 Å². The molecule has 3 aromatic heterocycles. The van der Waals surface area contributed by atoms with E-state index in [-0.39, 0.29) is 24.2 Å². The SMILES string of the molecule is Cn1c(=O)n(CC(=O)N2CCc3sccc3C2c2cccs2)c2ccccc21. The average Bonchev–Trinajstić information content (AvgIpc) is 3.45. The van der Waals surface area contributed by atoms with Gasteiger partial charge >= 0.3 is 5.69 Å². The maximum absolute atomic E-state index is 13.4. The predicted octanol–water partition coefficient (Wildman–Crippen LogP) is 3.64. The number of aryl methyl sites for hydroxylation is 1. The molecular formula is C21H19N3O2S2. The fourth-order valence-corrected chi connectivity index (χ4v) is 5.84. The van der Waals surface area contributed by atoms with E-state index in [2.05, 4.69) is 17.5 Å². The molecule has 1 unspecified atom stereocenters. The van der Waals surface area contributed by atoms with E-state index < -0.39 is 0 Å². The standard InChI is InChI=1S/C21H19N3O2S2/c1-22-15-5-2-3-6-16(15)24(21(22)26)13-19(25)23-10-8-17-14(9-12-28-17)20(23)18-7-4-11-27-18/h2-7,9,11-12,20H,8,10,13H2,1H3. The zero-order valence-electron chi connectivity index (χ0n) is 15.4. The van der Waals surface area contributed by atoms with E-state index in [9.17, 15) is 9.59 Å². The van der Waals surface area contributed by atoms with Crippen LogP contribution in [0.5, 0.6) is 0 Å². The molecule has 1 aliphatic rings. The Morgan fingerprint density at radius 3 is 2.68 bits per heavy atom. The Morgan fingerprint density at radius 1 is 1.07 bits per heavy atom. The van der Waals surface area contributed by atoms with Crippen molar-refractivity contribution in [3.8, 4) is 0 Å². The molecule has 0 saturated carbocycles. The van der Waals surface area contributed by atoms with Crippen LogP contribution in [0.1, 0.15) is 21.4 Å². The molecule has 0 saturated heterocycles. The summed E-state index contributed by atoms with van der Waals surface area (Å²) in [7, 11) is 1.75. The van der Waals surface area contributed by atoms with Gasteiger partial charge in [0.25, 0.3) is 0 Å². The highest BCUT2D eigenvalue weighted by molar-refractivity contribution is 7.10. The van der Waals surface area contributed by atoms with E-state index in [0.717, 1.165) is 22.3 Å². The normalized spacial score (nSPS) is 16.5. The van der Waals surface area contributed by atoms with Crippen LogP contribution in [-0.2, 0) is 24.8 Å². The first-order valence-electron chi connectivity index (χ1n) is 9.18. The summed E-state index contributed by atoms with van der Waals surface area (Å²) in [6.07, 6.45) is 0.866. The number of aromatic nitrogens is 2. The maximum Gasteiger partial charge on any atom is 0.329 e. The maximum atomic E-state index is 13.4. The molecule has 0 aliphatic carbocycles. The molecule has 0 bridgehead atoms. The minimum atomic E-state index is -0.157. The lowest BCUT2D eigenvalue weighted by atomic mass is 9.98. The number of thiophene rings is 2. The molecule has 1 aromatic carbocycles. The Morgan fingerprint density at radius 2 is 1.89 bits per heavy atom. The Bertz CT molecular complexity index is 1220. The molecule has 1 aliphatic heterocycles. The third-order valence-electron chi connectivity index (χ3n) is 5.44. The molecule has 28 heavy (non-hydrogen) atoms. The molecule has 1 amide bonds. The van der Waals surface area contributed by atoms with Gasteiger partial charge in [-0.15, -0.1) is 22.7 Å². The smallest absolute Gasteiger partial charge is 0.329 e. The number of hydrogen-bond acceptors (Lipinski definition) is 4. The van der Waals surface area contributed by atoms with Crippen molar-refractivity contribution in [2.24, 2.45) is 7.05 Å². The van der Waals surface area contributed by atoms with Gasteiger partial charge in [0.2, 0.25) is 5.91 Å². The van der Waals surface area contributed by atoms with Gasteiger partial charge in [-0.05, 0) is 47.0 Å². The summed E-state index contributed by atoms with van der Waals surface area (Å²) in [5, 5.41) is 4.16. The van der Waals surface area contributed by atoms with E-state index in [1.165, 1.54) is 10.4 Å². The zero-order valence-corrected chi connectivity index (χ0v) is 17.0. The van der Waals surface area contributed by atoms with Crippen LogP contribution in [-0.4, -0.2) is 26.5 Å². The number of rotatable bonds is 3. The highest BCUT2D eigenvalue weighted by Crippen LogP contribution is 2.39. The first-order valence-corrected chi connectivity index (χ1v) is 10.9. The van der Waals surface area contributed by atoms with Crippen molar-refractivity contribution in [3.05, 3.63) is 79.0 Å². The molecule has 7 heteroatoms. The minimum absolute atomic E-state index is 0.0197. The number of hydrogen-bond donors (Lipinski definition) is 0. The highest BCUT2D eigenvalue weighted by atomic mass is 32.1. The number of fused-ring (bicyclic) bond motifs is 2. The van der Waals surface area contributed by atoms with Crippen LogP contribution in [0.3, 0.4) is 0 Å². The third kappa shape index (κ3) is 2.65. The van der Waals surface area contributed by atoms with Crippen LogP contribution in [0.15, 0.2) is 58.0 Å². The van der Waals surface area contributed by atoms with Gasteiger partial charge in [0.15, 0.2) is 0 Å². The lowest BCUT2D eigenvalue weighted by molar-refractivity contribution is -0.133. The molecular weight excluding hydrogens is 390 g/mol. The first kappa shape index (κ1) is 17.5.